The average Bonchev–Trinajstić information content (AvgIpc) is 3.18. The molecule has 0 saturated carbocycles. The lowest BCUT2D eigenvalue weighted by molar-refractivity contribution is 0.102. The number of para-hydroxylation sites is 1. The summed E-state index contributed by atoms with van der Waals surface area (Å²) < 4.78 is 7.58. The Morgan fingerprint density at radius 1 is 1.36 bits per heavy atom. The Labute approximate surface area is 149 Å². The summed E-state index contributed by atoms with van der Waals surface area (Å²) >= 11 is 1.44. The van der Waals surface area contributed by atoms with E-state index in [0.29, 0.717) is 17.4 Å². The van der Waals surface area contributed by atoms with Gasteiger partial charge in [0, 0.05) is 17.3 Å². The van der Waals surface area contributed by atoms with Gasteiger partial charge in [-0.1, -0.05) is 23.5 Å². The zero-order valence-corrected chi connectivity index (χ0v) is 15.1. The van der Waals surface area contributed by atoms with Gasteiger partial charge in [0.2, 0.25) is 0 Å². The van der Waals surface area contributed by atoms with Crippen molar-refractivity contribution >= 4 is 22.4 Å². The number of amides is 1. The van der Waals surface area contributed by atoms with E-state index in [9.17, 15) is 4.79 Å². The van der Waals surface area contributed by atoms with Crippen LogP contribution in [-0.2, 0) is 6.61 Å². The highest BCUT2D eigenvalue weighted by molar-refractivity contribution is 7.16. The second kappa shape index (κ2) is 6.00. The number of fused-ring (bicyclic) bond motifs is 3. The van der Waals surface area contributed by atoms with Gasteiger partial charge in [-0.2, -0.15) is 5.10 Å². The van der Waals surface area contributed by atoms with Crippen LogP contribution in [0.3, 0.4) is 0 Å². The number of nitrogens with one attached hydrogen (secondary N) is 1. The lowest BCUT2D eigenvalue weighted by Crippen LogP contribution is -2.13. The maximum atomic E-state index is 12.5. The van der Waals surface area contributed by atoms with Gasteiger partial charge in [0.1, 0.15) is 12.4 Å². The standard InChI is InChI=1S/C18H18N4O2S/c1-10(2)22-11(3)8-13(21-22)17(23)20-18-19-16-12-6-4-5-7-14(12)24-9-15(16)25-18/h4-8,10H,9H2,1-3H3,(H,19,20,23). The number of aryl methyl sites for hydroxylation is 1. The topological polar surface area (TPSA) is 69.0 Å². The minimum atomic E-state index is -0.247. The van der Waals surface area contributed by atoms with E-state index in [2.05, 4.69) is 15.4 Å². The fraction of sp³-hybridized carbons (Fsp3) is 0.278. The summed E-state index contributed by atoms with van der Waals surface area (Å²) in [5, 5.41) is 7.80. The number of aromatic nitrogens is 3. The van der Waals surface area contributed by atoms with E-state index in [1.54, 1.807) is 6.07 Å². The van der Waals surface area contributed by atoms with Gasteiger partial charge in [-0.15, -0.1) is 0 Å². The molecule has 1 aliphatic rings. The first kappa shape index (κ1) is 15.8. The van der Waals surface area contributed by atoms with Crippen molar-refractivity contribution in [1.29, 1.82) is 0 Å². The van der Waals surface area contributed by atoms with E-state index in [1.807, 2.05) is 49.7 Å². The Morgan fingerprint density at radius 2 is 2.16 bits per heavy atom. The van der Waals surface area contributed by atoms with Crippen LogP contribution in [0.5, 0.6) is 5.75 Å². The molecule has 1 aromatic carbocycles. The van der Waals surface area contributed by atoms with Crippen molar-refractivity contribution in [1.82, 2.24) is 14.8 Å². The molecule has 2 aromatic heterocycles. The first-order valence-corrected chi connectivity index (χ1v) is 8.94. The zero-order chi connectivity index (χ0) is 17.6. The van der Waals surface area contributed by atoms with Gasteiger partial charge in [0.05, 0.1) is 10.6 Å². The van der Waals surface area contributed by atoms with Crippen LogP contribution in [0.4, 0.5) is 5.13 Å². The largest absolute Gasteiger partial charge is 0.487 e. The third-order valence-electron chi connectivity index (χ3n) is 4.06. The number of thiazole rings is 1. The van der Waals surface area contributed by atoms with Gasteiger partial charge < -0.3 is 4.74 Å². The predicted octanol–water partition coefficient (Wildman–Crippen LogP) is 4.04. The average molecular weight is 354 g/mol. The van der Waals surface area contributed by atoms with Crippen LogP contribution in [0.1, 0.15) is 40.9 Å². The van der Waals surface area contributed by atoms with Gasteiger partial charge in [-0.05, 0) is 39.0 Å². The highest BCUT2D eigenvalue weighted by Gasteiger charge is 2.23. The molecule has 0 bridgehead atoms. The molecule has 0 aliphatic carbocycles. The Kier molecular flexibility index (Phi) is 3.80. The molecule has 7 heteroatoms. The normalized spacial score (nSPS) is 12.5. The lowest BCUT2D eigenvalue weighted by Gasteiger charge is -2.15. The highest BCUT2D eigenvalue weighted by Crippen LogP contribution is 2.40. The summed E-state index contributed by atoms with van der Waals surface area (Å²) in [4.78, 5) is 18.1. The van der Waals surface area contributed by atoms with Crippen molar-refractivity contribution in [2.75, 3.05) is 5.32 Å². The predicted molar refractivity (Wildman–Crippen MR) is 97.2 cm³/mol. The second-order valence-electron chi connectivity index (χ2n) is 6.24. The number of ether oxygens (including phenoxy) is 1. The molecule has 4 rings (SSSR count). The first-order chi connectivity index (χ1) is 12.0. The number of anilines is 1. The molecule has 25 heavy (non-hydrogen) atoms. The third kappa shape index (κ3) is 2.80. The molecule has 1 amide bonds. The number of benzene rings is 1. The fourth-order valence-corrected chi connectivity index (χ4v) is 3.81. The molecule has 6 nitrogen and oxygen atoms in total. The Hall–Kier alpha value is -2.67. The van der Waals surface area contributed by atoms with Crippen molar-refractivity contribution in [2.24, 2.45) is 0 Å². The summed E-state index contributed by atoms with van der Waals surface area (Å²) in [6.45, 7) is 6.49. The molecule has 3 aromatic rings. The maximum absolute atomic E-state index is 12.5. The number of hydrogen-bond acceptors (Lipinski definition) is 5. The van der Waals surface area contributed by atoms with Crippen molar-refractivity contribution in [3.05, 3.63) is 46.6 Å². The van der Waals surface area contributed by atoms with Gasteiger partial charge >= 0.3 is 0 Å². The van der Waals surface area contributed by atoms with Gasteiger partial charge in [0.15, 0.2) is 10.8 Å². The molecule has 3 heterocycles. The lowest BCUT2D eigenvalue weighted by atomic mass is 10.1. The Bertz CT molecular complexity index is 958. The molecule has 0 radical (unpaired) electrons. The van der Waals surface area contributed by atoms with Crippen LogP contribution in [-0.4, -0.2) is 20.7 Å². The second-order valence-corrected chi connectivity index (χ2v) is 7.32. The number of carbonyl (C=O) groups excluding carboxylic acids is 1. The molecule has 0 saturated heterocycles. The molecule has 0 spiro atoms. The van der Waals surface area contributed by atoms with Crippen molar-refractivity contribution < 1.29 is 9.53 Å². The summed E-state index contributed by atoms with van der Waals surface area (Å²) in [6, 6.07) is 9.80. The molecule has 1 N–H and O–H groups in total. The molecular formula is C18H18N4O2S. The summed E-state index contributed by atoms with van der Waals surface area (Å²) in [5.41, 5.74) is 3.20. The van der Waals surface area contributed by atoms with E-state index in [0.717, 1.165) is 27.6 Å². The Morgan fingerprint density at radius 3 is 2.92 bits per heavy atom. The molecule has 1 aliphatic heterocycles. The van der Waals surface area contributed by atoms with Crippen molar-refractivity contribution in [3.63, 3.8) is 0 Å². The van der Waals surface area contributed by atoms with Gasteiger partial charge in [0.25, 0.3) is 5.91 Å². The molecule has 0 unspecified atom stereocenters. The van der Waals surface area contributed by atoms with Crippen LogP contribution >= 0.6 is 11.3 Å². The van der Waals surface area contributed by atoms with E-state index in [1.165, 1.54) is 11.3 Å². The maximum Gasteiger partial charge on any atom is 0.277 e. The SMILES string of the molecule is Cc1cc(C(=O)Nc2nc3c(s2)COc2ccccc2-3)nn1C(C)C. The van der Waals surface area contributed by atoms with Gasteiger partial charge in [-0.25, -0.2) is 4.98 Å². The van der Waals surface area contributed by atoms with Crippen molar-refractivity contribution in [2.45, 2.75) is 33.4 Å². The van der Waals surface area contributed by atoms with Gasteiger partial charge in [-0.3, -0.25) is 14.8 Å². The Balaban J connectivity index is 1.60. The minimum absolute atomic E-state index is 0.211. The molecule has 0 atom stereocenters. The van der Waals surface area contributed by atoms with E-state index in [-0.39, 0.29) is 11.9 Å². The van der Waals surface area contributed by atoms with Crippen LogP contribution < -0.4 is 10.1 Å². The van der Waals surface area contributed by atoms with E-state index >= 15 is 0 Å². The van der Waals surface area contributed by atoms with Crippen LogP contribution in [0.25, 0.3) is 11.3 Å². The minimum Gasteiger partial charge on any atom is -0.487 e. The first-order valence-electron chi connectivity index (χ1n) is 8.12. The van der Waals surface area contributed by atoms with Crippen LogP contribution in [0.2, 0.25) is 0 Å². The molecule has 128 valence electrons. The molecule has 0 fully saturated rings. The van der Waals surface area contributed by atoms with Crippen molar-refractivity contribution in [3.8, 4) is 17.0 Å². The van der Waals surface area contributed by atoms with Crippen LogP contribution in [0, 0.1) is 6.92 Å². The van der Waals surface area contributed by atoms with E-state index < -0.39 is 0 Å². The summed E-state index contributed by atoms with van der Waals surface area (Å²) in [7, 11) is 0. The monoisotopic (exact) mass is 354 g/mol. The zero-order valence-electron chi connectivity index (χ0n) is 14.2. The number of rotatable bonds is 3. The number of carbonyl (C=O) groups is 1. The van der Waals surface area contributed by atoms with Crippen LogP contribution in [0.15, 0.2) is 30.3 Å². The number of hydrogen-bond donors (Lipinski definition) is 1. The summed E-state index contributed by atoms with van der Waals surface area (Å²) in [6.07, 6.45) is 0. The fourth-order valence-electron chi connectivity index (χ4n) is 2.93. The smallest absolute Gasteiger partial charge is 0.277 e. The number of nitrogens with zero attached hydrogens (tertiary/aromatic N) is 3. The quantitative estimate of drug-likeness (QED) is 0.771. The molecular weight excluding hydrogens is 336 g/mol. The highest BCUT2D eigenvalue weighted by atomic mass is 32.1. The van der Waals surface area contributed by atoms with E-state index in [4.69, 9.17) is 4.74 Å². The third-order valence-corrected chi connectivity index (χ3v) is 5.01. The summed E-state index contributed by atoms with van der Waals surface area (Å²) in [5.74, 6) is 0.576.